The van der Waals surface area contributed by atoms with E-state index >= 15 is 0 Å². The van der Waals surface area contributed by atoms with E-state index in [4.69, 9.17) is 0 Å². The van der Waals surface area contributed by atoms with Gasteiger partial charge in [-0.2, -0.15) is 0 Å². The Morgan fingerprint density at radius 1 is 1.40 bits per heavy atom. The number of sulfone groups is 1. The number of carbonyl (C=O) groups excluding carboxylic acids is 1. The molecule has 0 bridgehead atoms. The molecular formula is C14H20N2O3S. The quantitative estimate of drug-likeness (QED) is 0.875. The summed E-state index contributed by atoms with van der Waals surface area (Å²) in [6.07, 6.45) is 0.639. The summed E-state index contributed by atoms with van der Waals surface area (Å²) >= 11 is 0. The van der Waals surface area contributed by atoms with E-state index in [1.807, 2.05) is 26.1 Å². The maximum atomic E-state index is 12.0. The molecule has 0 radical (unpaired) electrons. The monoisotopic (exact) mass is 296 g/mol. The van der Waals surface area contributed by atoms with Crippen LogP contribution in [0, 0.1) is 12.8 Å². The number of nitrogens with one attached hydrogen (secondary N) is 2. The highest BCUT2D eigenvalue weighted by molar-refractivity contribution is 7.91. The van der Waals surface area contributed by atoms with E-state index in [0.29, 0.717) is 18.5 Å². The van der Waals surface area contributed by atoms with Crippen LogP contribution in [0.1, 0.15) is 22.3 Å². The Hall–Kier alpha value is -1.56. The van der Waals surface area contributed by atoms with Crippen molar-refractivity contribution < 1.29 is 13.2 Å². The molecule has 0 spiro atoms. The molecule has 0 aromatic heterocycles. The molecule has 1 saturated heterocycles. The zero-order chi connectivity index (χ0) is 14.8. The van der Waals surface area contributed by atoms with Crippen LogP contribution in [0.25, 0.3) is 0 Å². The van der Waals surface area contributed by atoms with Gasteiger partial charge in [-0.05, 0) is 43.0 Å². The Kier molecular flexibility index (Phi) is 4.32. The molecule has 1 heterocycles. The standard InChI is InChI=1S/C14H20N2O3S/c1-10-7-12(3-4-13(10)15-2)14(17)16-8-11-5-6-20(18,19)9-11/h3-4,7,11,15H,5-6,8-9H2,1-2H3,(H,16,17). The molecule has 1 aromatic carbocycles. The van der Waals surface area contributed by atoms with E-state index in [1.165, 1.54) is 0 Å². The van der Waals surface area contributed by atoms with Crippen LogP contribution in [0.5, 0.6) is 0 Å². The predicted molar refractivity (Wildman–Crippen MR) is 79.8 cm³/mol. The summed E-state index contributed by atoms with van der Waals surface area (Å²) in [6.45, 7) is 2.36. The summed E-state index contributed by atoms with van der Waals surface area (Å²) < 4.78 is 22.7. The second-order valence-electron chi connectivity index (χ2n) is 5.26. The van der Waals surface area contributed by atoms with Gasteiger partial charge in [0, 0.05) is 24.8 Å². The maximum absolute atomic E-state index is 12.0. The van der Waals surface area contributed by atoms with Crippen molar-refractivity contribution in [3.8, 4) is 0 Å². The average Bonchev–Trinajstić information content (AvgIpc) is 2.75. The lowest BCUT2D eigenvalue weighted by molar-refractivity contribution is 0.0948. The normalized spacial score (nSPS) is 20.6. The molecule has 1 aliphatic rings. The third kappa shape index (κ3) is 3.50. The predicted octanol–water partition coefficient (Wildman–Crippen LogP) is 1.20. The van der Waals surface area contributed by atoms with E-state index in [9.17, 15) is 13.2 Å². The van der Waals surface area contributed by atoms with Crippen LogP contribution in [-0.4, -0.2) is 39.4 Å². The smallest absolute Gasteiger partial charge is 0.251 e. The van der Waals surface area contributed by atoms with Gasteiger partial charge < -0.3 is 10.6 Å². The zero-order valence-electron chi connectivity index (χ0n) is 11.8. The first-order chi connectivity index (χ1) is 9.41. The molecule has 1 amide bonds. The Morgan fingerprint density at radius 3 is 2.70 bits per heavy atom. The van der Waals surface area contributed by atoms with Crippen molar-refractivity contribution in [2.45, 2.75) is 13.3 Å². The topological polar surface area (TPSA) is 75.3 Å². The van der Waals surface area contributed by atoms with Gasteiger partial charge in [0.2, 0.25) is 0 Å². The third-order valence-corrected chi connectivity index (χ3v) is 5.47. The summed E-state index contributed by atoms with van der Waals surface area (Å²) in [7, 11) is -1.05. The van der Waals surface area contributed by atoms with E-state index in [2.05, 4.69) is 10.6 Å². The number of amides is 1. The molecular weight excluding hydrogens is 276 g/mol. The molecule has 0 saturated carbocycles. The van der Waals surface area contributed by atoms with Crippen molar-refractivity contribution in [1.82, 2.24) is 5.32 Å². The summed E-state index contributed by atoms with van der Waals surface area (Å²) in [5.41, 5.74) is 2.59. The fraction of sp³-hybridized carbons (Fsp3) is 0.500. The first-order valence-corrected chi connectivity index (χ1v) is 8.50. The highest BCUT2D eigenvalue weighted by atomic mass is 32.2. The number of anilines is 1. The number of rotatable bonds is 4. The first kappa shape index (κ1) is 14.8. The minimum atomic E-state index is -2.88. The molecule has 110 valence electrons. The number of aryl methyl sites for hydroxylation is 1. The van der Waals surface area contributed by atoms with Crippen molar-refractivity contribution in [1.29, 1.82) is 0 Å². The van der Waals surface area contributed by atoms with E-state index < -0.39 is 9.84 Å². The molecule has 1 aliphatic heterocycles. The second kappa shape index (κ2) is 5.83. The van der Waals surface area contributed by atoms with Gasteiger partial charge >= 0.3 is 0 Å². The van der Waals surface area contributed by atoms with Crippen molar-refractivity contribution in [2.24, 2.45) is 5.92 Å². The first-order valence-electron chi connectivity index (χ1n) is 6.68. The summed E-state index contributed by atoms with van der Waals surface area (Å²) in [6, 6.07) is 5.45. The van der Waals surface area contributed by atoms with Crippen molar-refractivity contribution in [3.63, 3.8) is 0 Å². The average molecular weight is 296 g/mol. The molecule has 0 aliphatic carbocycles. The van der Waals surface area contributed by atoms with Gasteiger partial charge in [-0.25, -0.2) is 8.42 Å². The number of carbonyl (C=O) groups is 1. The Labute approximate surface area is 119 Å². The lowest BCUT2D eigenvalue weighted by Gasteiger charge is -2.11. The van der Waals surface area contributed by atoms with E-state index in [0.717, 1.165) is 11.3 Å². The molecule has 1 aromatic rings. The van der Waals surface area contributed by atoms with Crippen molar-refractivity contribution >= 4 is 21.4 Å². The minimum Gasteiger partial charge on any atom is -0.388 e. The number of hydrogen-bond acceptors (Lipinski definition) is 4. The van der Waals surface area contributed by atoms with Gasteiger partial charge in [0.05, 0.1) is 11.5 Å². The van der Waals surface area contributed by atoms with Crippen LogP contribution < -0.4 is 10.6 Å². The zero-order valence-corrected chi connectivity index (χ0v) is 12.6. The molecule has 5 nitrogen and oxygen atoms in total. The molecule has 1 fully saturated rings. The van der Waals surface area contributed by atoms with Crippen LogP contribution in [0.3, 0.4) is 0 Å². The van der Waals surface area contributed by atoms with Crippen molar-refractivity contribution in [2.75, 3.05) is 30.4 Å². The van der Waals surface area contributed by atoms with Gasteiger partial charge in [0.25, 0.3) is 5.91 Å². The summed E-state index contributed by atoms with van der Waals surface area (Å²) in [5.74, 6) is 0.316. The Morgan fingerprint density at radius 2 is 2.15 bits per heavy atom. The van der Waals surface area contributed by atoms with Crippen molar-refractivity contribution in [3.05, 3.63) is 29.3 Å². The largest absolute Gasteiger partial charge is 0.388 e. The van der Waals surface area contributed by atoms with Gasteiger partial charge in [-0.3, -0.25) is 4.79 Å². The Bertz CT molecular complexity index is 611. The highest BCUT2D eigenvalue weighted by Crippen LogP contribution is 2.18. The molecule has 2 N–H and O–H groups in total. The molecule has 2 rings (SSSR count). The lowest BCUT2D eigenvalue weighted by Crippen LogP contribution is -2.29. The van der Waals surface area contributed by atoms with Crippen LogP contribution in [-0.2, 0) is 9.84 Å². The van der Waals surface area contributed by atoms with Crippen LogP contribution in [0.4, 0.5) is 5.69 Å². The van der Waals surface area contributed by atoms with Gasteiger partial charge in [-0.15, -0.1) is 0 Å². The van der Waals surface area contributed by atoms with E-state index in [-0.39, 0.29) is 23.3 Å². The fourth-order valence-electron chi connectivity index (χ4n) is 2.46. The Balaban J connectivity index is 1.94. The maximum Gasteiger partial charge on any atom is 0.251 e. The van der Waals surface area contributed by atoms with Gasteiger partial charge in [0.15, 0.2) is 9.84 Å². The lowest BCUT2D eigenvalue weighted by atomic mass is 10.1. The van der Waals surface area contributed by atoms with Crippen LogP contribution in [0.15, 0.2) is 18.2 Å². The summed E-state index contributed by atoms with van der Waals surface area (Å²) in [5, 5.41) is 5.87. The van der Waals surface area contributed by atoms with Gasteiger partial charge in [-0.1, -0.05) is 0 Å². The molecule has 1 unspecified atom stereocenters. The van der Waals surface area contributed by atoms with Gasteiger partial charge in [0.1, 0.15) is 0 Å². The molecule has 1 atom stereocenters. The SMILES string of the molecule is CNc1ccc(C(=O)NCC2CCS(=O)(=O)C2)cc1C. The third-order valence-electron chi connectivity index (χ3n) is 3.64. The molecule has 20 heavy (non-hydrogen) atoms. The van der Waals surface area contributed by atoms with E-state index in [1.54, 1.807) is 6.07 Å². The highest BCUT2D eigenvalue weighted by Gasteiger charge is 2.27. The van der Waals surface area contributed by atoms with Crippen LogP contribution >= 0.6 is 0 Å². The fourth-order valence-corrected chi connectivity index (χ4v) is 4.32. The number of hydrogen-bond donors (Lipinski definition) is 2. The second-order valence-corrected chi connectivity index (χ2v) is 7.49. The molecule has 6 heteroatoms. The minimum absolute atomic E-state index is 0.0432. The van der Waals surface area contributed by atoms with Crippen LogP contribution in [0.2, 0.25) is 0 Å². The summed E-state index contributed by atoms with van der Waals surface area (Å²) in [4.78, 5) is 12.0. The number of benzene rings is 1.